The first-order valence-corrected chi connectivity index (χ1v) is 10.2. The molecule has 2 aromatic rings. The van der Waals surface area contributed by atoms with Gasteiger partial charge in [0.05, 0.1) is 0 Å². The van der Waals surface area contributed by atoms with E-state index >= 15 is 0 Å². The number of aryl methyl sites for hydroxylation is 1. The predicted octanol–water partition coefficient (Wildman–Crippen LogP) is 5.44. The minimum atomic E-state index is -0.236. The monoisotopic (exact) mass is 425 g/mol. The van der Waals surface area contributed by atoms with Crippen molar-refractivity contribution in [1.29, 1.82) is 0 Å². The summed E-state index contributed by atoms with van der Waals surface area (Å²) in [5.74, 6) is 0.00544. The number of rotatable bonds is 6. The predicted molar refractivity (Wildman–Crippen MR) is 111 cm³/mol. The van der Waals surface area contributed by atoms with Gasteiger partial charge in [-0.3, -0.25) is 4.79 Å². The van der Waals surface area contributed by atoms with Gasteiger partial charge < -0.3 is 10.1 Å². The summed E-state index contributed by atoms with van der Waals surface area (Å²) in [6.45, 7) is 1.82. The van der Waals surface area contributed by atoms with Crippen LogP contribution in [-0.4, -0.2) is 25.7 Å². The molecule has 1 fully saturated rings. The molecule has 0 saturated carbocycles. The van der Waals surface area contributed by atoms with Crippen molar-refractivity contribution < 1.29 is 9.53 Å². The van der Waals surface area contributed by atoms with Gasteiger partial charge in [0.25, 0.3) is 0 Å². The van der Waals surface area contributed by atoms with E-state index in [-0.39, 0.29) is 11.3 Å². The van der Waals surface area contributed by atoms with Crippen molar-refractivity contribution in [2.45, 2.75) is 31.1 Å². The van der Waals surface area contributed by atoms with Crippen LogP contribution in [0.25, 0.3) is 0 Å². The second-order valence-corrected chi connectivity index (χ2v) is 8.14. The molecule has 0 radical (unpaired) electrons. The number of ether oxygens (including phenoxy) is 1. The minimum Gasteiger partial charge on any atom is -0.381 e. The van der Waals surface area contributed by atoms with Crippen LogP contribution >= 0.6 is 34.8 Å². The zero-order chi connectivity index (χ0) is 19.3. The number of nitrogens with one attached hydrogen (secondary N) is 1. The SMILES string of the molecule is O=C(CCc1ccccc1Cl)NCC1(c2ccc(Cl)cc2Cl)CCOCC1. The van der Waals surface area contributed by atoms with E-state index in [1.165, 1.54) is 0 Å². The Balaban J connectivity index is 1.66. The summed E-state index contributed by atoms with van der Waals surface area (Å²) in [5.41, 5.74) is 1.76. The number of benzene rings is 2. The lowest BCUT2D eigenvalue weighted by Gasteiger charge is -2.38. The fraction of sp³-hybridized carbons (Fsp3) is 0.381. The van der Waals surface area contributed by atoms with Crippen LogP contribution in [0.15, 0.2) is 42.5 Å². The van der Waals surface area contributed by atoms with Crippen LogP contribution in [0.3, 0.4) is 0 Å². The molecule has 1 heterocycles. The Kier molecular flexibility index (Phi) is 7.04. The minimum absolute atomic E-state index is 0.00544. The molecule has 144 valence electrons. The molecule has 3 nitrogen and oxygen atoms in total. The highest BCUT2D eigenvalue weighted by molar-refractivity contribution is 6.35. The summed E-state index contributed by atoms with van der Waals surface area (Å²) >= 11 is 18.7. The van der Waals surface area contributed by atoms with Crippen molar-refractivity contribution in [3.05, 3.63) is 68.7 Å². The average Bonchev–Trinajstić information content (AvgIpc) is 2.66. The third-order valence-corrected chi connectivity index (χ3v) is 6.07. The standard InChI is InChI=1S/C21H22Cl3NO2/c22-16-6-7-17(19(24)13-16)21(9-11-27-12-10-21)14-25-20(26)8-5-15-3-1-2-4-18(15)23/h1-4,6-7,13H,5,8-12,14H2,(H,25,26). The zero-order valence-electron chi connectivity index (χ0n) is 14.9. The van der Waals surface area contributed by atoms with Crippen LogP contribution in [0.1, 0.15) is 30.4 Å². The molecule has 2 aromatic carbocycles. The number of carbonyl (C=O) groups excluding carboxylic acids is 1. The molecule has 0 bridgehead atoms. The Morgan fingerprint density at radius 1 is 1.04 bits per heavy atom. The molecule has 1 N–H and O–H groups in total. The van der Waals surface area contributed by atoms with Gasteiger partial charge in [0.1, 0.15) is 0 Å². The van der Waals surface area contributed by atoms with Gasteiger partial charge in [0.2, 0.25) is 5.91 Å². The van der Waals surface area contributed by atoms with E-state index in [0.29, 0.717) is 47.7 Å². The van der Waals surface area contributed by atoms with Crippen molar-refractivity contribution >= 4 is 40.7 Å². The zero-order valence-corrected chi connectivity index (χ0v) is 17.2. The smallest absolute Gasteiger partial charge is 0.220 e. The van der Waals surface area contributed by atoms with Crippen molar-refractivity contribution in [3.63, 3.8) is 0 Å². The molecule has 0 atom stereocenters. The molecular weight excluding hydrogens is 405 g/mol. The maximum absolute atomic E-state index is 12.4. The lowest BCUT2D eigenvalue weighted by Crippen LogP contribution is -2.44. The molecular formula is C21H22Cl3NO2. The number of amides is 1. The van der Waals surface area contributed by atoms with Crippen LogP contribution in [0.2, 0.25) is 15.1 Å². The lowest BCUT2D eigenvalue weighted by atomic mass is 9.74. The average molecular weight is 427 g/mol. The van der Waals surface area contributed by atoms with Gasteiger partial charge >= 0.3 is 0 Å². The van der Waals surface area contributed by atoms with Crippen molar-refractivity contribution in [1.82, 2.24) is 5.32 Å². The summed E-state index contributed by atoms with van der Waals surface area (Å²) in [5, 5.41) is 5.03. The van der Waals surface area contributed by atoms with E-state index < -0.39 is 0 Å². The van der Waals surface area contributed by atoms with E-state index in [4.69, 9.17) is 39.5 Å². The first-order chi connectivity index (χ1) is 13.0. The highest BCUT2D eigenvalue weighted by atomic mass is 35.5. The number of hydrogen-bond acceptors (Lipinski definition) is 2. The molecule has 0 aromatic heterocycles. The van der Waals surface area contributed by atoms with E-state index in [0.717, 1.165) is 24.0 Å². The van der Waals surface area contributed by atoms with Gasteiger partial charge in [0, 0.05) is 46.7 Å². The number of hydrogen-bond donors (Lipinski definition) is 1. The summed E-state index contributed by atoms with van der Waals surface area (Å²) in [4.78, 5) is 12.4. The Bertz CT molecular complexity index is 804. The molecule has 1 aliphatic heterocycles. The van der Waals surface area contributed by atoms with Crippen LogP contribution < -0.4 is 5.32 Å². The van der Waals surface area contributed by atoms with Gasteiger partial charge in [-0.1, -0.05) is 59.1 Å². The Labute approximate surface area is 175 Å². The third-order valence-electron chi connectivity index (χ3n) is 5.16. The second kappa shape index (κ2) is 9.29. The van der Waals surface area contributed by atoms with Gasteiger partial charge in [-0.05, 0) is 48.6 Å². The van der Waals surface area contributed by atoms with Crippen LogP contribution in [-0.2, 0) is 21.4 Å². The van der Waals surface area contributed by atoms with Crippen molar-refractivity contribution in [2.75, 3.05) is 19.8 Å². The highest BCUT2D eigenvalue weighted by Gasteiger charge is 2.36. The Morgan fingerprint density at radius 2 is 1.78 bits per heavy atom. The summed E-state index contributed by atoms with van der Waals surface area (Å²) in [6, 6.07) is 13.2. The molecule has 3 rings (SSSR count). The first kappa shape index (κ1) is 20.5. The topological polar surface area (TPSA) is 38.3 Å². The van der Waals surface area contributed by atoms with E-state index in [1.54, 1.807) is 6.07 Å². The Morgan fingerprint density at radius 3 is 2.48 bits per heavy atom. The van der Waals surface area contributed by atoms with Gasteiger partial charge in [-0.25, -0.2) is 0 Å². The fourth-order valence-corrected chi connectivity index (χ4v) is 4.37. The molecule has 1 amide bonds. The quantitative estimate of drug-likeness (QED) is 0.667. The second-order valence-electron chi connectivity index (χ2n) is 6.89. The summed E-state index contributed by atoms with van der Waals surface area (Å²) in [7, 11) is 0. The summed E-state index contributed by atoms with van der Waals surface area (Å²) in [6.07, 6.45) is 2.62. The van der Waals surface area contributed by atoms with E-state index in [9.17, 15) is 4.79 Å². The normalized spacial score (nSPS) is 16.1. The third kappa shape index (κ3) is 5.17. The molecule has 27 heavy (non-hydrogen) atoms. The molecule has 0 aliphatic carbocycles. The van der Waals surface area contributed by atoms with Crippen LogP contribution in [0, 0.1) is 0 Å². The molecule has 1 aliphatic rings. The maximum Gasteiger partial charge on any atom is 0.220 e. The maximum atomic E-state index is 12.4. The lowest BCUT2D eigenvalue weighted by molar-refractivity contribution is -0.121. The molecule has 1 saturated heterocycles. The Hall–Kier alpha value is -1.26. The largest absolute Gasteiger partial charge is 0.381 e. The van der Waals surface area contributed by atoms with Gasteiger partial charge in [-0.2, -0.15) is 0 Å². The highest BCUT2D eigenvalue weighted by Crippen LogP contribution is 2.39. The van der Waals surface area contributed by atoms with Crippen LogP contribution in [0.5, 0.6) is 0 Å². The van der Waals surface area contributed by atoms with E-state index in [2.05, 4.69) is 5.32 Å². The number of carbonyl (C=O) groups is 1. The molecule has 0 spiro atoms. The van der Waals surface area contributed by atoms with E-state index in [1.807, 2.05) is 36.4 Å². The van der Waals surface area contributed by atoms with Gasteiger partial charge in [0.15, 0.2) is 0 Å². The molecule has 0 unspecified atom stereocenters. The molecule has 6 heteroatoms. The van der Waals surface area contributed by atoms with Crippen LogP contribution in [0.4, 0.5) is 0 Å². The summed E-state index contributed by atoms with van der Waals surface area (Å²) < 4.78 is 5.54. The van der Waals surface area contributed by atoms with Crippen molar-refractivity contribution in [3.8, 4) is 0 Å². The first-order valence-electron chi connectivity index (χ1n) is 9.04. The fourth-order valence-electron chi connectivity index (χ4n) is 3.53. The number of halogens is 3. The van der Waals surface area contributed by atoms with Crippen molar-refractivity contribution in [2.24, 2.45) is 0 Å². The van der Waals surface area contributed by atoms with Gasteiger partial charge in [-0.15, -0.1) is 0 Å².